The van der Waals surface area contributed by atoms with Gasteiger partial charge in [-0.15, -0.1) is 0 Å². The Kier molecular flexibility index (Phi) is 6.05. The van der Waals surface area contributed by atoms with Gasteiger partial charge < -0.3 is 9.15 Å². The van der Waals surface area contributed by atoms with Gasteiger partial charge in [-0.05, 0) is 24.6 Å². The second kappa shape index (κ2) is 8.52. The summed E-state index contributed by atoms with van der Waals surface area (Å²) in [6, 6.07) is 9.87. The fourth-order valence-corrected chi connectivity index (χ4v) is 2.93. The third-order valence-electron chi connectivity index (χ3n) is 4.36. The van der Waals surface area contributed by atoms with Crippen molar-refractivity contribution in [1.82, 2.24) is 0 Å². The molecular formula is C22H15F5O3. The van der Waals surface area contributed by atoms with E-state index in [9.17, 15) is 26.7 Å². The van der Waals surface area contributed by atoms with Gasteiger partial charge in [-0.2, -0.15) is 0 Å². The van der Waals surface area contributed by atoms with E-state index >= 15 is 0 Å². The van der Waals surface area contributed by atoms with Crippen molar-refractivity contribution in [3.63, 3.8) is 0 Å². The van der Waals surface area contributed by atoms with E-state index in [1.807, 2.05) is 0 Å². The Morgan fingerprint density at radius 2 is 1.70 bits per heavy atom. The fraction of sp³-hybridized carbons (Fsp3) is 0.136. The molecule has 30 heavy (non-hydrogen) atoms. The largest absolute Gasteiger partial charge is 0.489 e. The van der Waals surface area contributed by atoms with E-state index in [4.69, 9.17) is 9.15 Å². The lowest BCUT2D eigenvalue weighted by atomic mass is 10.0. The first-order valence-electron chi connectivity index (χ1n) is 8.67. The van der Waals surface area contributed by atoms with E-state index in [1.54, 1.807) is 37.3 Å². The SMILES string of the molecule is C=C(COc1cc(C)c2c(c1)oc(=O)c1ccccc12)/C(F)=C(F)\C(F)=C(\F)CF. The summed E-state index contributed by atoms with van der Waals surface area (Å²) in [7, 11) is 0. The monoisotopic (exact) mass is 422 g/mol. The molecule has 0 N–H and O–H groups in total. The minimum Gasteiger partial charge on any atom is -0.489 e. The summed E-state index contributed by atoms with van der Waals surface area (Å²) in [5.74, 6) is -8.19. The molecular weight excluding hydrogens is 407 g/mol. The third kappa shape index (κ3) is 3.98. The molecule has 0 atom stereocenters. The Balaban J connectivity index is 1.91. The molecule has 0 bridgehead atoms. The van der Waals surface area contributed by atoms with Crippen molar-refractivity contribution in [2.75, 3.05) is 13.3 Å². The molecule has 0 aliphatic rings. The van der Waals surface area contributed by atoms with Gasteiger partial charge in [-0.1, -0.05) is 24.8 Å². The highest BCUT2D eigenvalue weighted by Gasteiger charge is 2.20. The van der Waals surface area contributed by atoms with Gasteiger partial charge >= 0.3 is 5.63 Å². The lowest BCUT2D eigenvalue weighted by molar-refractivity contribution is 0.345. The summed E-state index contributed by atoms with van der Waals surface area (Å²) in [6.45, 7) is 2.44. The molecule has 1 aromatic heterocycles. The van der Waals surface area contributed by atoms with Crippen LogP contribution in [-0.4, -0.2) is 13.3 Å². The highest BCUT2D eigenvalue weighted by Crippen LogP contribution is 2.31. The van der Waals surface area contributed by atoms with E-state index in [-0.39, 0.29) is 11.3 Å². The maximum Gasteiger partial charge on any atom is 0.344 e. The van der Waals surface area contributed by atoms with E-state index in [0.29, 0.717) is 21.7 Å². The molecule has 0 aliphatic carbocycles. The van der Waals surface area contributed by atoms with Crippen LogP contribution in [0.25, 0.3) is 21.7 Å². The molecule has 0 aliphatic heterocycles. The van der Waals surface area contributed by atoms with Gasteiger partial charge in [-0.25, -0.2) is 26.7 Å². The molecule has 1 heterocycles. The molecule has 2 aromatic carbocycles. The number of halogens is 5. The van der Waals surface area contributed by atoms with Gasteiger partial charge in [0.15, 0.2) is 23.3 Å². The van der Waals surface area contributed by atoms with Gasteiger partial charge in [0.1, 0.15) is 24.6 Å². The predicted octanol–water partition coefficient (Wildman–Crippen LogP) is 6.46. The summed E-state index contributed by atoms with van der Waals surface area (Å²) >= 11 is 0. The molecule has 3 rings (SSSR count). The predicted molar refractivity (Wildman–Crippen MR) is 104 cm³/mol. The maximum absolute atomic E-state index is 13.9. The molecule has 0 saturated heterocycles. The van der Waals surface area contributed by atoms with Gasteiger partial charge in [0.05, 0.1) is 5.39 Å². The molecule has 0 spiro atoms. The number of fused-ring (bicyclic) bond motifs is 3. The summed E-state index contributed by atoms with van der Waals surface area (Å²) < 4.78 is 76.2. The van der Waals surface area contributed by atoms with E-state index in [1.165, 1.54) is 6.07 Å². The van der Waals surface area contributed by atoms with Crippen molar-refractivity contribution in [3.8, 4) is 5.75 Å². The van der Waals surface area contributed by atoms with E-state index in [0.717, 1.165) is 0 Å². The lowest BCUT2D eigenvalue weighted by Gasteiger charge is -2.11. The minimum absolute atomic E-state index is 0.152. The summed E-state index contributed by atoms with van der Waals surface area (Å²) in [6.07, 6.45) is 0. The third-order valence-corrected chi connectivity index (χ3v) is 4.36. The van der Waals surface area contributed by atoms with Gasteiger partial charge in [0, 0.05) is 22.4 Å². The zero-order valence-electron chi connectivity index (χ0n) is 15.7. The number of hydrogen-bond acceptors (Lipinski definition) is 3. The Morgan fingerprint density at radius 3 is 2.37 bits per heavy atom. The standard InChI is InChI=1S/C22H15F5O3/c1-11-7-13(29-10-12(2)19(25)21(27)20(26)16(24)9-23)8-17-18(11)14-5-3-4-6-15(14)22(28)30-17/h3-8H,2,9-10H2,1H3/b20-16-,21-19-. The zero-order valence-corrected chi connectivity index (χ0v) is 15.7. The molecule has 0 saturated carbocycles. The van der Waals surface area contributed by atoms with Crippen molar-refractivity contribution >= 4 is 21.7 Å². The molecule has 0 unspecified atom stereocenters. The van der Waals surface area contributed by atoms with Crippen molar-refractivity contribution in [2.45, 2.75) is 6.92 Å². The lowest BCUT2D eigenvalue weighted by Crippen LogP contribution is -2.04. The number of allylic oxidation sites excluding steroid dienone is 3. The topological polar surface area (TPSA) is 39.4 Å². The van der Waals surface area contributed by atoms with Crippen molar-refractivity contribution < 1.29 is 31.1 Å². The normalized spacial score (nSPS) is 13.3. The van der Waals surface area contributed by atoms with E-state index in [2.05, 4.69) is 6.58 Å². The number of aryl methyl sites for hydroxylation is 1. The van der Waals surface area contributed by atoms with E-state index < -0.39 is 47.8 Å². The molecule has 0 fully saturated rings. The summed E-state index contributed by atoms with van der Waals surface area (Å²) in [5.41, 5.74) is -0.269. The van der Waals surface area contributed by atoms with Crippen molar-refractivity contribution in [3.05, 3.63) is 87.8 Å². The van der Waals surface area contributed by atoms with Crippen LogP contribution in [0.15, 0.2) is 81.1 Å². The van der Waals surface area contributed by atoms with Gasteiger partial charge in [0.2, 0.25) is 0 Å². The molecule has 0 radical (unpaired) electrons. The second-order valence-corrected chi connectivity index (χ2v) is 6.42. The molecule has 156 valence electrons. The summed E-state index contributed by atoms with van der Waals surface area (Å²) in [4.78, 5) is 12.2. The maximum atomic E-state index is 13.9. The van der Waals surface area contributed by atoms with Crippen LogP contribution < -0.4 is 10.4 Å². The number of hydrogen-bond donors (Lipinski definition) is 0. The average molecular weight is 422 g/mol. The van der Waals surface area contributed by atoms with Crippen molar-refractivity contribution in [1.29, 1.82) is 0 Å². The fourth-order valence-electron chi connectivity index (χ4n) is 2.93. The number of rotatable bonds is 6. The smallest absolute Gasteiger partial charge is 0.344 e. The van der Waals surface area contributed by atoms with Crippen LogP contribution in [0.1, 0.15) is 5.56 Å². The number of alkyl halides is 1. The summed E-state index contributed by atoms with van der Waals surface area (Å²) in [5, 5.41) is 1.78. The quantitative estimate of drug-likeness (QED) is 0.198. The molecule has 3 nitrogen and oxygen atoms in total. The molecule has 3 aromatic rings. The Labute approximate surface area is 167 Å². The highest BCUT2D eigenvalue weighted by molar-refractivity contribution is 6.06. The van der Waals surface area contributed by atoms with Gasteiger partial charge in [-0.3, -0.25) is 0 Å². The van der Waals surface area contributed by atoms with Crippen LogP contribution in [0.3, 0.4) is 0 Å². The Hall–Kier alpha value is -3.42. The highest BCUT2D eigenvalue weighted by atomic mass is 19.2. The van der Waals surface area contributed by atoms with Crippen LogP contribution in [0.4, 0.5) is 22.0 Å². The molecule has 8 heteroatoms. The van der Waals surface area contributed by atoms with Crippen LogP contribution >= 0.6 is 0 Å². The first-order chi connectivity index (χ1) is 14.2. The van der Waals surface area contributed by atoms with Crippen molar-refractivity contribution in [2.24, 2.45) is 0 Å². The molecule has 0 amide bonds. The van der Waals surface area contributed by atoms with Crippen LogP contribution in [-0.2, 0) is 0 Å². The van der Waals surface area contributed by atoms with Crippen LogP contribution in [0.5, 0.6) is 5.75 Å². The second-order valence-electron chi connectivity index (χ2n) is 6.42. The Morgan fingerprint density at radius 1 is 1.03 bits per heavy atom. The first kappa shape index (κ1) is 21.3. The average Bonchev–Trinajstić information content (AvgIpc) is 2.75. The van der Waals surface area contributed by atoms with Gasteiger partial charge in [0.25, 0.3) is 0 Å². The number of benzene rings is 2. The number of ether oxygens (including phenoxy) is 1. The van der Waals surface area contributed by atoms with Crippen LogP contribution in [0, 0.1) is 6.92 Å². The Bertz CT molecular complexity index is 1270. The van der Waals surface area contributed by atoms with Crippen LogP contribution in [0.2, 0.25) is 0 Å². The zero-order chi connectivity index (χ0) is 22.0. The minimum atomic E-state index is -2.27. The first-order valence-corrected chi connectivity index (χ1v) is 8.67.